The summed E-state index contributed by atoms with van der Waals surface area (Å²) in [4.78, 5) is 0.176. The first-order chi connectivity index (χ1) is 14.0. The maximum atomic E-state index is 12.3. The van der Waals surface area contributed by atoms with E-state index in [1.54, 1.807) is 6.08 Å². The van der Waals surface area contributed by atoms with Gasteiger partial charge in [0.2, 0.25) is 5.96 Å². The molecule has 1 unspecified atom stereocenters. The largest absolute Gasteiger partial charge is 0.446 e. The first-order valence-corrected chi connectivity index (χ1v) is 9.79. The fraction of sp³-hybridized carbons (Fsp3) is 0.235. The molecule has 30 heavy (non-hydrogen) atoms. The number of nitrogens with zero attached hydrogens (tertiary/aromatic N) is 3. The molecule has 1 aliphatic rings. The van der Waals surface area contributed by atoms with Crippen LogP contribution in [0.15, 0.2) is 67.6 Å². The quantitative estimate of drug-likeness (QED) is 0.197. The van der Waals surface area contributed by atoms with Gasteiger partial charge < -0.3 is 5.73 Å². The summed E-state index contributed by atoms with van der Waals surface area (Å²) < 4.78 is 73.7. The van der Waals surface area contributed by atoms with Crippen molar-refractivity contribution in [1.29, 1.82) is 0 Å². The number of alkyl halides is 6. The van der Waals surface area contributed by atoms with E-state index >= 15 is 0 Å². The number of hydrazone groups is 1. The van der Waals surface area contributed by atoms with Gasteiger partial charge in [0.1, 0.15) is 0 Å². The molecule has 0 heterocycles. The first kappa shape index (κ1) is 23.9. The van der Waals surface area contributed by atoms with E-state index in [9.17, 15) is 26.3 Å². The van der Waals surface area contributed by atoms with Crippen LogP contribution < -0.4 is 11.2 Å². The maximum absolute atomic E-state index is 12.3. The number of hydrogen-bond donors (Lipinski definition) is 2. The Hall–Kier alpha value is -2.41. The van der Waals surface area contributed by atoms with Gasteiger partial charge in [-0.25, -0.2) is 5.43 Å². The molecular weight excluding hydrogens is 452 g/mol. The second-order valence-corrected chi connectivity index (χ2v) is 7.93. The van der Waals surface area contributed by atoms with Gasteiger partial charge in [-0.3, -0.25) is 0 Å². The number of guanidine groups is 1. The van der Waals surface area contributed by atoms with Gasteiger partial charge >= 0.3 is 11.0 Å². The lowest BCUT2D eigenvalue weighted by atomic mass is 10.0. The number of nitrogens with one attached hydrogen (secondary N) is 1. The number of allylic oxidation sites excluding steroid dienone is 3. The molecule has 0 saturated carbocycles. The Labute approximate surface area is 176 Å². The van der Waals surface area contributed by atoms with Gasteiger partial charge in [-0.05, 0) is 47.6 Å². The third-order valence-electron chi connectivity index (χ3n) is 3.26. The van der Waals surface area contributed by atoms with Gasteiger partial charge in [-0.2, -0.15) is 36.5 Å². The molecule has 0 aliphatic heterocycles. The summed E-state index contributed by atoms with van der Waals surface area (Å²) in [6.45, 7) is 0. The first-order valence-electron chi connectivity index (χ1n) is 8.16. The van der Waals surface area contributed by atoms with Crippen LogP contribution in [-0.4, -0.2) is 29.4 Å². The number of thioether (sulfide) groups is 2. The smallest absolute Gasteiger partial charge is 0.367 e. The Bertz CT molecular complexity index is 857. The van der Waals surface area contributed by atoms with Gasteiger partial charge in [0.25, 0.3) is 0 Å². The highest BCUT2D eigenvalue weighted by Crippen LogP contribution is 2.38. The van der Waals surface area contributed by atoms with Gasteiger partial charge in [0.05, 0.1) is 6.21 Å². The molecule has 1 aromatic carbocycles. The molecule has 3 N–H and O–H groups in total. The van der Waals surface area contributed by atoms with Crippen molar-refractivity contribution in [1.82, 2.24) is 5.43 Å². The second-order valence-electron chi connectivity index (χ2n) is 5.65. The molecule has 0 aromatic heterocycles. The summed E-state index contributed by atoms with van der Waals surface area (Å²) in [5.41, 5.74) is -0.181. The van der Waals surface area contributed by atoms with E-state index in [-0.39, 0.29) is 45.2 Å². The molecule has 1 atom stereocenters. The van der Waals surface area contributed by atoms with Crippen LogP contribution in [0.3, 0.4) is 0 Å². The highest BCUT2D eigenvalue weighted by atomic mass is 32.2. The number of hydrogen-bond acceptors (Lipinski definition) is 5. The van der Waals surface area contributed by atoms with Gasteiger partial charge in [-0.15, -0.1) is 5.10 Å². The Morgan fingerprint density at radius 1 is 1.07 bits per heavy atom. The number of halogens is 6. The molecule has 0 bridgehead atoms. The van der Waals surface area contributed by atoms with Crippen molar-refractivity contribution >= 4 is 41.9 Å². The van der Waals surface area contributed by atoms with Crippen molar-refractivity contribution < 1.29 is 26.3 Å². The van der Waals surface area contributed by atoms with E-state index in [0.29, 0.717) is 12.0 Å². The van der Waals surface area contributed by atoms with E-state index < -0.39 is 11.0 Å². The monoisotopic (exact) mass is 467 g/mol. The van der Waals surface area contributed by atoms with Crippen LogP contribution in [0, 0.1) is 5.92 Å². The fourth-order valence-electron chi connectivity index (χ4n) is 2.07. The van der Waals surface area contributed by atoms with Crippen LogP contribution in [0.4, 0.5) is 26.3 Å². The fourth-order valence-corrected chi connectivity index (χ4v) is 3.20. The maximum Gasteiger partial charge on any atom is 0.446 e. The molecule has 162 valence electrons. The summed E-state index contributed by atoms with van der Waals surface area (Å²) >= 11 is -0.389. The van der Waals surface area contributed by atoms with Crippen molar-refractivity contribution in [3.05, 3.63) is 53.0 Å². The summed E-state index contributed by atoms with van der Waals surface area (Å²) in [6.07, 6.45) is 7.52. The standard InChI is InChI=1S/C17H15F6N5S2/c18-16(19,20)29-13-5-1-11(2-6-13)9-25-27-15(24)28-26-10-12-3-7-14(8-4-12)30-17(21,22)23/h1-3,5-10,12H,4H2,(H3,24,27,28)/b25-9+,26-10+. The van der Waals surface area contributed by atoms with E-state index in [2.05, 4.69) is 20.7 Å². The van der Waals surface area contributed by atoms with Crippen molar-refractivity contribution in [3.63, 3.8) is 0 Å². The summed E-state index contributed by atoms with van der Waals surface area (Å²) in [6, 6.07) is 5.54. The van der Waals surface area contributed by atoms with Crippen molar-refractivity contribution in [2.24, 2.45) is 27.0 Å². The molecule has 0 amide bonds. The predicted octanol–water partition coefficient (Wildman–Crippen LogP) is 5.24. The highest BCUT2D eigenvalue weighted by molar-refractivity contribution is 8.04. The van der Waals surface area contributed by atoms with Crippen molar-refractivity contribution in [2.45, 2.75) is 22.3 Å². The zero-order chi connectivity index (χ0) is 22.2. The highest BCUT2D eigenvalue weighted by Gasteiger charge is 2.30. The van der Waals surface area contributed by atoms with Crippen LogP contribution in [0.1, 0.15) is 12.0 Å². The minimum absolute atomic E-state index is 0.0544. The molecule has 0 saturated heterocycles. The Morgan fingerprint density at radius 3 is 2.30 bits per heavy atom. The minimum atomic E-state index is -4.35. The lowest BCUT2D eigenvalue weighted by Gasteiger charge is -2.12. The second kappa shape index (κ2) is 10.6. The Morgan fingerprint density at radius 2 is 1.73 bits per heavy atom. The topological polar surface area (TPSA) is 75.1 Å². The third-order valence-corrected chi connectivity index (χ3v) is 4.77. The average Bonchev–Trinajstić information content (AvgIpc) is 2.62. The zero-order valence-electron chi connectivity index (χ0n) is 15.0. The van der Waals surface area contributed by atoms with Crippen LogP contribution in [-0.2, 0) is 0 Å². The van der Waals surface area contributed by atoms with E-state index in [4.69, 9.17) is 5.73 Å². The number of nitrogens with two attached hydrogens (primary N) is 1. The van der Waals surface area contributed by atoms with Crippen molar-refractivity contribution in [3.8, 4) is 0 Å². The molecule has 0 spiro atoms. The van der Waals surface area contributed by atoms with Gasteiger partial charge in [0, 0.05) is 21.9 Å². The van der Waals surface area contributed by atoms with Crippen LogP contribution >= 0.6 is 23.5 Å². The zero-order valence-corrected chi connectivity index (χ0v) is 16.6. The van der Waals surface area contributed by atoms with E-state index in [0.717, 1.165) is 0 Å². The molecular formula is C17H15F6N5S2. The summed E-state index contributed by atoms with van der Waals surface area (Å²) in [7, 11) is 0. The lowest BCUT2D eigenvalue weighted by Crippen LogP contribution is -2.26. The summed E-state index contributed by atoms with van der Waals surface area (Å²) in [5.74, 6) is -0.355. The summed E-state index contributed by atoms with van der Waals surface area (Å²) in [5, 5.41) is 11.2. The van der Waals surface area contributed by atoms with Crippen LogP contribution in [0.25, 0.3) is 0 Å². The van der Waals surface area contributed by atoms with E-state index in [1.807, 2.05) is 0 Å². The Kier molecular flexibility index (Phi) is 8.41. The molecule has 0 radical (unpaired) electrons. The predicted molar refractivity (Wildman–Crippen MR) is 108 cm³/mol. The Balaban J connectivity index is 1.78. The molecule has 5 nitrogen and oxygen atoms in total. The van der Waals surface area contributed by atoms with E-state index in [1.165, 1.54) is 48.8 Å². The van der Waals surface area contributed by atoms with Crippen molar-refractivity contribution in [2.75, 3.05) is 0 Å². The molecule has 1 aliphatic carbocycles. The molecule has 2 rings (SSSR count). The SMILES string of the molecule is NC(=N/N=C/C1C=CC(SC(F)(F)F)=CC1)N/N=C/c1ccc(SC(F)(F)F)cc1. The minimum Gasteiger partial charge on any atom is -0.367 e. The molecule has 0 fully saturated rings. The van der Waals surface area contributed by atoms with Gasteiger partial charge in [0.15, 0.2) is 0 Å². The third kappa shape index (κ3) is 9.87. The molecule has 1 aromatic rings. The molecule has 13 heteroatoms. The van der Waals surface area contributed by atoms with Crippen LogP contribution in [0.5, 0.6) is 0 Å². The van der Waals surface area contributed by atoms with Gasteiger partial charge in [-0.1, -0.05) is 30.4 Å². The number of benzene rings is 1. The van der Waals surface area contributed by atoms with Crippen LogP contribution in [0.2, 0.25) is 0 Å². The number of rotatable bonds is 6. The average molecular weight is 467 g/mol. The lowest BCUT2D eigenvalue weighted by molar-refractivity contribution is -0.0334. The normalized spacial score (nSPS) is 18.3.